The molecule has 0 bridgehead atoms. The lowest BCUT2D eigenvalue weighted by atomic mass is 9.99. The maximum Gasteiger partial charge on any atom is 0.271 e. The van der Waals surface area contributed by atoms with Crippen molar-refractivity contribution >= 4 is 56.6 Å². The number of nitro benzene ring substituents is 1. The number of hydrogen-bond acceptors (Lipinski definition) is 10. The van der Waals surface area contributed by atoms with Crippen molar-refractivity contribution < 1.29 is 42.0 Å². The number of methoxy groups -OCH3 is 2. The molecular formula is C27H26ClN3O10S. The first kappa shape index (κ1) is 30.7. The van der Waals surface area contributed by atoms with Gasteiger partial charge in [0.2, 0.25) is 32.3 Å². The summed E-state index contributed by atoms with van der Waals surface area (Å²) in [4.78, 5) is 55.7. The highest BCUT2D eigenvalue weighted by Gasteiger charge is 2.70. The Hall–Kier alpha value is -4.30. The van der Waals surface area contributed by atoms with E-state index >= 15 is 0 Å². The van der Waals surface area contributed by atoms with Gasteiger partial charge >= 0.3 is 0 Å². The Labute approximate surface area is 245 Å². The van der Waals surface area contributed by atoms with E-state index < -0.39 is 48.3 Å². The quantitative estimate of drug-likeness (QED) is 0.218. The first-order chi connectivity index (χ1) is 19.8. The second-order valence-electron chi connectivity index (χ2n) is 9.56. The van der Waals surface area contributed by atoms with Gasteiger partial charge in [-0.05, 0) is 30.3 Å². The summed E-state index contributed by atoms with van der Waals surface area (Å²) >= 11 is 6.04. The van der Waals surface area contributed by atoms with E-state index in [1.807, 2.05) is 0 Å². The number of hydrogen-bond donors (Lipinski definition) is 1. The van der Waals surface area contributed by atoms with Crippen molar-refractivity contribution in [1.82, 2.24) is 10.2 Å². The largest absolute Gasteiger partial charge is 0.496 e. The summed E-state index contributed by atoms with van der Waals surface area (Å²) in [6.45, 7) is 0.279. The van der Waals surface area contributed by atoms with E-state index in [0.717, 1.165) is 23.1 Å². The molecule has 0 aromatic heterocycles. The number of sulfone groups is 1. The number of β-lactam (4-membered cyclic amide) rings is 1. The number of rotatable bonds is 6. The Balaban J connectivity index is 0.000000385. The van der Waals surface area contributed by atoms with Crippen LogP contribution in [0.1, 0.15) is 31.2 Å². The molecule has 0 saturated carbocycles. The molecule has 3 aliphatic rings. The molecule has 13 nitrogen and oxygen atoms in total. The number of nitro groups is 1. The van der Waals surface area contributed by atoms with E-state index in [0.29, 0.717) is 42.1 Å². The number of halogens is 1. The zero-order chi connectivity index (χ0) is 30.8. The van der Waals surface area contributed by atoms with E-state index in [1.165, 1.54) is 20.3 Å². The average Bonchev–Trinajstić information content (AvgIpc) is 3.04. The summed E-state index contributed by atoms with van der Waals surface area (Å²) in [6, 6.07) is 7.79. The van der Waals surface area contributed by atoms with Crippen LogP contribution >= 0.6 is 11.6 Å². The molecule has 3 aliphatic heterocycles. The fraction of sp³-hybridized carbons (Fsp3) is 0.333. The normalized spacial score (nSPS) is 21.0. The molecule has 222 valence electrons. The number of amides is 2. The summed E-state index contributed by atoms with van der Waals surface area (Å²) in [5.41, 5.74) is 0.00557. The number of non-ortho nitro benzene ring substituents is 1. The summed E-state index contributed by atoms with van der Waals surface area (Å²) < 4.78 is 37.8. The second-order valence-corrected chi connectivity index (χ2v) is 12.1. The van der Waals surface area contributed by atoms with Crippen LogP contribution < -0.4 is 14.8 Å². The fourth-order valence-electron chi connectivity index (χ4n) is 4.88. The Kier molecular flexibility index (Phi) is 8.68. The lowest BCUT2D eigenvalue weighted by molar-refractivity contribution is -0.385. The lowest BCUT2D eigenvalue weighted by Gasteiger charge is -2.44. The second kappa shape index (κ2) is 11.9. The van der Waals surface area contributed by atoms with Crippen LogP contribution in [0.3, 0.4) is 0 Å². The van der Waals surface area contributed by atoms with Gasteiger partial charge in [-0.2, -0.15) is 0 Å². The van der Waals surface area contributed by atoms with Crippen molar-refractivity contribution in [3.8, 4) is 11.5 Å². The number of carbonyl (C=O) groups excluding carboxylic acids is 4. The zero-order valence-electron chi connectivity index (χ0n) is 22.5. The van der Waals surface area contributed by atoms with Gasteiger partial charge < -0.3 is 19.7 Å². The van der Waals surface area contributed by atoms with Crippen LogP contribution in [0, 0.1) is 10.1 Å². The van der Waals surface area contributed by atoms with E-state index in [2.05, 4.69) is 5.32 Å². The Morgan fingerprint density at radius 2 is 1.71 bits per heavy atom. The average molecular weight is 620 g/mol. The third-order valence-electron chi connectivity index (χ3n) is 7.07. The minimum atomic E-state index is -4.60. The van der Waals surface area contributed by atoms with Gasteiger partial charge in [-0.3, -0.25) is 29.3 Å². The predicted molar refractivity (Wildman–Crippen MR) is 149 cm³/mol. The van der Waals surface area contributed by atoms with Crippen molar-refractivity contribution in [1.29, 1.82) is 0 Å². The first-order valence-electron chi connectivity index (χ1n) is 12.6. The molecule has 3 fully saturated rings. The molecule has 2 amide bonds. The third-order valence-corrected chi connectivity index (χ3v) is 9.65. The summed E-state index contributed by atoms with van der Waals surface area (Å²) in [5.74, 6) is -0.904. The number of nitrogens with zero attached hydrogens (tertiary/aromatic N) is 2. The smallest absolute Gasteiger partial charge is 0.271 e. The van der Waals surface area contributed by atoms with Gasteiger partial charge in [-0.1, -0.05) is 11.6 Å². The highest BCUT2D eigenvalue weighted by Crippen LogP contribution is 2.50. The Morgan fingerprint density at radius 3 is 2.36 bits per heavy atom. The van der Waals surface area contributed by atoms with Crippen LogP contribution in [0.2, 0.25) is 5.02 Å². The maximum absolute atomic E-state index is 13.7. The monoisotopic (exact) mass is 619 g/mol. The molecule has 1 N–H and O–H groups in total. The van der Waals surface area contributed by atoms with Gasteiger partial charge in [0.15, 0.2) is 0 Å². The Morgan fingerprint density at radius 1 is 1.02 bits per heavy atom. The fourth-order valence-corrected chi connectivity index (χ4v) is 7.26. The van der Waals surface area contributed by atoms with Crippen LogP contribution in [0.4, 0.5) is 5.69 Å². The predicted octanol–water partition coefficient (Wildman–Crippen LogP) is 2.49. The van der Waals surface area contributed by atoms with Gasteiger partial charge in [0.05, 0.1) is 32.1 Å². The van der Waals surface area contributed by atoms with Crippen LogP contribution in [0.25, 0.3) is 6.08 Å². The van der Waals surface area contributed by atoms with Gasteiger partial charge in [0.1, 0.15) is 22.2 Å². The van der Waals surface area contributed by atoms with Crippen LogP contribution in [0.5, 0.6) is 11.5 Å². The molecule has 2 aromatic rings. The molecule has 2 aromatic carbocycles. The molecule has 0 radical (unpaired) electrons. The lowest BCUT2D eigenvalue weighted by Crippen LogP contribution is -2.67. The van der Waals surface area contributed by atoms with E-state index in [4.69, 9.17) is 21.1 Å². The van der Waals surface area contributed by atoms with E-state index in [9.17, 15) is 37.7 Å². The zero-order valence-corrected chi connectivity index (χ0v) is 24.1. The number of ketones is 2. The van der Waals surface area contributed by atoms with Crippen LogP contribution in [0.15, 0.2) is 46.9 Å². The molecule has 1 unspecified atom stereocenters. The standard InChI is InChI=1S/C21H17ClN2O8S.C6H9NO2/c1-31-16-5-3-14(22)8-12(16)7-13-11-23-19(25)10-21(23,20(13)26)33(29,30)18-9-15(24(27)28)4-6-17(18)32-2;8-5-1-2-6(9)7-4-3-5/h3-9H,10-11H2,1-2H3;1-4H2,(H,7,9). The minimum absolute atomic E-state index is 0.000787. The van der Waals surface area contributed by atoms with Crippen LogP contribution in [-0.4, -0.2) is 73.8 Å². The number of ether oxygens (including phenoxy) is 2. The number of carbonyl (C=O) groups is 4. The van der Waals surface area contributed by atoms with Crippen molar-refractivity contribution in [3.05, 3.63) is 62.7 Å². The maximum atomic E-state index is 13.7. The van der Waals surface area contributed by atoms with Gasteiger partial charge in [0, 0.05) is 54.1 Å². The van der Waals surface area contributed by atoms with E-state index in [-0.39, 0.29) is 29.6 Å². The highest BCUT2D eigenvalue weighted by molar-refractivity contribution is 7.94. The molecule has 0 spiro atoms. The van der Waals surface area contributed by atoms with Crippen molar-refractivity contribution in [2.45, 2.75) is 35.4 Å². The summed E-state index contributed by atoms with van der Waals surface area (Å²) in [5, 5.41) is 14.2. The summed E-state index contributed by atoms with van der Waals surface area (Å²) in [7, 11) is -1.97. The molecule has 0 aliphatic carbocycles. The molecule has 3 saturated heterocycles. The number of benzene rings is 2. The molecule has 3 heterocycles. The molecule has 15 heteroatoms. The minimum Gasteiger partial charge on any atom is -0.496 e. The summed E-state index contributed by atoms with van der Waals surface area (Å²) in [6.07, 6.45) is 2.15. The topological polar surface area (TPSA) is 179 Å². The molecule has 1 atom stereocenters. The van der Waals surface area contributed by atoms with E-state index in [1.54, 1.807) is 18.2 Å². The van der Waals surface area contributed by atoms with Gasteiger partial charge in [-0.15, -0.1) is 0 Å². The van der Waals surface area contributed by atoms with Crippen molar-refractivity contribution in [2.75, 3.05) is 27.3 Å². The van der Waals surface area contributed by atoms with Gasteiger partial charge in [0.25, 0.3) is 5.69 Å². The number of nitrogens with one attached hydrogen (secondary N) is 1. The van der Waals surface area contributed by atoms with Crippen molar-refractivity contribution in [3.63, 3.8) is 0 Å². The first-order valence-corrected chi connectivity index (χ1v) is 14.5. The molecular weight excluding hydrogens is 594 g/mol. The third kappa shape index (κ3) is 5.46. The number of fused-ring (bicyclic) bond motifs is 1. The number of Topliss-reactive ketones (excluding diaryl/α,β-unsaturated/α-hetero) is 2. The Bertz CT molecular complexity index is 1620. The molecule has 42 heavy (non-hydrogen) atoms. The van der Waals surface area contributed by atoms with Gasteiger partial charge in [-0.25, -0.2) is 8.42 Å². The SMILES string of the molecule is COc1ccc(Cl)cc1C=C1CN2C(=O)CC2(S(=O)(=O)c2cc([N+](=O)[O-])ccc2OC)C1=O.O=C1CCNC(=O)CC1. The molecule has 5 rings (SSSR count). The van der Waals surface area contributed by atoms with Crippen LogP contribution in [-0.2, 0) is 29.0 Å². The highest BCUT2D eigenvalue weighted by atomic mass is 35.5. The van der Waals surface area contributed by atoms with Crippen molar-refractivity contribution in [2.24, 2.45) is 0 Å².